The summed E-state index contributed by atoms with van der Waals surface area (Å²) in [5.41, 5.74) is 1.34. The third kappa shape index (κ3) is 4.01. The number of carbonyl (C=O) groups excluding carboxylic acids is 1. The summed E-state index contributed by atoms with van der Waals surface area (Å²) < 4.78 is 29.8. The van der Waals surface area contributed by atoms with Gasteiger partial charge in [-0.1, -0.05) is 36.4 Å². The van der Waals surface area contributed by atoms with E-state index in [4.69, 9.17) is 4.74 Å². The molecule has 1 aromatic heterocycles. The second kappa shape index (κ2) is 7.77. The molecule has 0 bridgehead atoms. The first-order valence-electron chi connectivity index (χ1n) is 8.35. The number of methoxy groups -OCH3 is 1. The fourth-order valence-electron chi connectivity index (χ4n) is 2.77. The van der Waals surface area contributed by atoms with E-state index in [1.54, 1.807) is 18.2 Å². The Morgan fingerprint density at radius 2 is 1.82 bits per heavy atom. The molecule has 0 saturated heterocycles. The lowest BCUT2D eigenvalue weighted by molar-refractivity contribution is -0.139. The van der Waals surface area contributed by atoms with Crippen molar-refractivity contribution in [1.29, 1.82) is 0 Å². The summed E-state index contributed by atoms with van der Waals surface area (Å²) in [6, 6.07) is 14.9. The van der Waals surface area contributed by atoms with E-state index >= 15 is 0 Å². The second-order valence-corrected chi connectivity index (χ2v) is 8.16. The van der Waals surface area contributed by atoms with E-state index in [0.29, 0.717) is 16.7 Å². The Bertz CT molecular complexity index is 1180. The number of ether oxygens (including phenoxy) is 1. The van der Waals surface area contributed by atoms with E-state index in [1.165, 1.54) is 31.5 Å². The zero-order valence-corrected chi connectivity index (χ0v) is 16.1. The lowest BCUT2D eigenvalue weighted by Crippen LogP contribution is -2.24. The maximum Gasteiger partial charge on any atom is 0.310 e. The Kier molecular flexibility index (Phi) is 5.41. The largest absolute Gasteiger partial charge is 0.469 e. The van der Waals surface area contributed by atoms with E-state index in [-0.39, 0.29) is 17.0 Å². The van der Waals surface area contributed by atoms with Crippen molar-refractivity contribution in [3.05, 3.63) is 76.7 Å². The molecule has 0 radical (unpaired) electrons. The first-order chi connectivity index (χ1) is 13.3. The zero-order chi connectivity index (χ0) is 20.3. The van der Waals surface area contributed by atoms with E-state index in [0.717, 1.165) is 10.9 Å². The van der Waals surface area contributed by atoms with E-state index in [9.17, 15) is 18.0 Å². The summed E-state index contributed by atoms with van der Waals surface area (Å²) >= 11 is 0. The lowest BCUT2D eigenvalue weighted by Gasteiger charge is -2.13. The van der Waals surface area contributed by atoms with Crippen molar-refractivity contribution in [2.24, 2.45) is 0 Å². The number of benzene rings is 2. The predicted octanol–water partition coefficient (Wildman–Crippen LogP) is 2.02. The smallest absolute Gasteiger partial charge is 0.310 e. The molecule has 0 unspecified atom stereocenters. The van der Waals surface area contributed by atoms with Crippen LogP contribution in [-0.2, 0) is 25.8 Å². The van der Waals surface area contributed by atoms with Gasteiger partial charge in [0, 0.05) is 12.5 Å². The van der Waals surface area contributed by atoms with E-state index < -0.39 is 21.4 Å². The molecular weight excluding hydrogens is 380 g/mol. The average molecular weight is 398 g/mol. The zero-order valence-electron chi connectivity index (χ0n) is 15.3. The molecule has 28 heavy (non-hydrogen) atoms. The molecule has 3 aromatic rings. The Hall–Kier alpha value is -3.26. The Labute approximate surface area is 162 Å². The normalized spacial score (nSPS) is 11.2. The van der Waals surface area contributed by atoms with Gasteiger partial charge in [-0.25, -0.2) is 8.42 Å². The molecule has 144 valence electrons. The quantitative estimate of drug-likeness (QED) is 0.610. The van der Waals surface area contributed by atoms with E-state index in [2.05, 4.69) is 5.10 Å². The molecule has 0 aliphatic carbocycles. The van der Waals surface area contributed by atoms with Crippen molar-refractivity contribution >= 4 is 15.8 Å². The van der Waals surface area contributed by atoms with Gasteiger partial charge in [-0.2, -0.15) is 9.78 Å². The first-order valence-corrected chi connectivity index (χ1v) is 10.2. The molecule has 2 aromatic carbocycles. The van der Waals surface area contributed by atoms with Gasteiger partial charge >= 0.3 is 5.97 Å². The molecule has 0 fully saturated rings. The van der Waals surface area contributed by atoms with Crippen LogP contribution in [0.5, 0.6) is 0 Å². The molecule has 3 rings (SSSR count). The molecule has 8 heteroatoms. The first kappa shape index (κ1) is 19.5. The minimum atomic E-state index is -3.52. The van der Waals surface area contributed by atoms with Gasteiger partial charge in [-0.05, 0) is 29.3 Å². The van der Waals surface area contributed by atoms with Gasteiger partial charge in [0.15, 0.2) is 9.84 Å². The predicted molar refractivity (Wildman–Crippen MR) is 104 cm³/mol. The highest BCUT2D eigenvalue weighted by molar-refractivity contribution is 7.90. The van der Waals surface area contributed by atoms with Gasteiger partial charge in [0.25, 0.3) is 5.56 Å². The van der Waals surface area contributed by atoms with Crippen molar-refractivity contribution in [2.75, 3.05) is 13.4 Å². The summed E-state index contributed by atoms with van der Waals surface area (Å²) in [5.74, 6) is -0.513. The van der Waals surface area contributed by atoms with Crippen molar-refractivity contribution in [3.63, 3.8) is 0 Å². The van der Waals surface area contributed by atoms with Crippen LogP contribution >= 0.6 is 0 Å². The van der Waals surface area contributed by atoms with Crippen LogP contribution in [0.2, 0.25) is 0 Å². The van der Waals surface area contributed by atoms with Crippen molar-refractivity contribution in [2.45, 2.75) is 11.3 Å². The highest BCUT2D eigenvalue weighted by Gasteiger charge is 2.17. The number of nitrogens with zero attached hydrogens (tertiary/aromatic N) is 2. The van der Waals surface area contributed by atoms with Gasteiger partial charge in [0.05, 0.1) is 29.7 Å². The van der Waals surface area contributed by atoms with Crippen LogP contribution in [-0.4, -0.2) is 37.5 Å². The monoisotopic (exact) mass is 398 g/mol. The third-order valence-corrected chi connectivity index (χ3v) is 5.32. The summed E-state index contributed by atoms with van der Waals surface area (Å²) in [4.78, 5) is 24.9. The Balaban J connectivity index is 2.24. The Morgan fingerprint density at radius 3 is 2.46 bits per heavy atom. The molecular formula is C20H18N2O5S. The van der Waals surface area contributed by atoms with Crippen LogP contribution in [0.25, 0.3) is 16.8 Å². The summed E-state index contributed by atoms with van der Waals surface area (Å²) in [7, 11) is -2.26. The molecule has 0 aliphatic heterocycles. The van der Waals surface area contributed by atoms with Crippen LogP contribution < -0.4 is 5.56 Å². The van der Waals surface area contributed by atoms with Crippen LogP contribution in [0.4, 0.5) is 0 Å². The third-order valence-electron chi connectivity index (χ3n) is 4.21. The highest BCUT2D eigenvalue weighted by atomic mass is 32.2. The second-order valence-electron chi connectivity index (χ2n) is 6.14. The minimum absolute atomic E-state index is 0.0231. The van der Waals surface area contributed by atoms with Gasteiger partial charge in [0.2, 0.25) is 0 Å². The summed E-state index contributed by atoms with van der Waals surface area (Å²) in [6.45, 7) is 0. The lowest BCUT2D eigenvalue weighted by atomic mass is 10.1. The minimum Gasteiger partial charge on any atom is -0.469 e. The molecule has 1 heterocycles. The van der Waals surface area contributed by atoms with Crippen LogP contribution in [0.15, 0.2) is 70.5 Å². The molecule has 0 spiro atoms. The number of sulfone groups is 1. The molecule has 0 atom stereocenters. The number of aromatic nitrogens is 2. The Morgan fingerprint density at radius 1 is 1.11 bits per heavy atom. The number of esters is 1. The molecule has 7 nitrogen and oxygen atoms in total. The number of carbonyl (C=O) groups is 1. The maximum atomic E-state index is 13.1. The van der Waals surface area contributed by atoms with Crippen molar-refractivity contribution in [1.82, 2.24) is 9.78 Å². The maximum absolute atomic E-state index is 13.1. The molecule has 0 N–H and O–H groups in total. The van der Waals surface area contributed by atoms with Crippen LogP contribution in [0.3, 0.4) is 0 Å². The van der Waals surface area contributed by atoms with Crippen molar-refractivity contribution < 1.29 is 17.9 Å². The summed E-state index contributed by atoms with van der Waals surface area (Å²) in [5, 5.41) is 4.11. The van der Waals surface area contributed by atoms with Gasteiger partial charge < -0.3 is 4.74 Å². The van der Waals surface area contributed by atoms with E-state index in [1.807, 2.05) is 18.2 Å². The average Bonchev–Trinajstić information content (AvgIpc) is 2.68. The highest BCUT2D eigenvalue weighted by Crippen LogP contribution is 2.21. The number of rotatable bonds is 5. The number of hydrogen-bond acceptors (Lipinski definition) is 6. The van der Waals surface area contributed by atoms with Gasteiger partial charge in [0.1, 0.15) is 0 Å². The van der Waals surface area contributed by atoms with Gasteiger partial charge in [-0.15, -0.1) is 0 Å². The number of hydrogen-bond donors (Lipinski definition) is 0. The van der Waals surface area contributed by atoms with Gasteiger partial charge in [-0.3, -0.25) is 9.59 Å². The van der Waals surface area contributed by atoms with Crippen molar-refractivity contribution in [3.8, 4) is 16.8 Å². The topological polar surface area (TPSA) is 95.3 Å². The SMILES string of the molecule is COC(=O)Cc1ccc(S(C)(=O)=O)cc1-n1nccc(-c2ccccc2)c1=O. The summed E-state index contributed by atoms with van der Waals surface area (Å²) in [6.07, 6.45) is 2.40. The fraction of sp³-hybridized carbons (Fsp3) is 0.150. The van der Waals surface area contributed by atoms with Crippen LogP contribution in [0, 0.1) is 0 Å². The van der Waals surface area contributed by atoms with Crippen LogP contribution in [0.1, 0.15) is 5.56 Å². The molecule has 0 aliphatic rings. The molecule has 0 saturated carbocycles. The fourth-order valence-corrected chi connectivity index (χ4v) is 3.41. The molecule has 0 amide bonds. The standard InChI is InChI=1S/C20H18N2O5S/c1-27-19(23)12-15-8-9-16(28(2,25)26)13-18(15)22-20(24)17(10-11-21-22)14-6-4-3-5-7-14/h3-11,13H,12H2,1-2H3.